The number of nitrogens with zero attached hydrogens (tertiary/aromatic N) is 1. The SMILES string of the molecule is C=C(C)C(N)=O.CCCN(C)C. The predicted molar refractivity (Wildman–Crippen MR) is 52.9 cm³/mol. The van der Waals surface area contributed by atoms with Crippen molar-refractivity contribution in [1.82, 2.24) is 4.90 Å². The van der Waals surface area contributed by atoms with E-state index in [-0.39, 0.29) is 0 Å². The molecule has 1 amide bonds. The van der Waals surface area contributed by atoms with E-state index in [1.807, 2.05) is 0 Å². The molecule has 0 heterocycles. The molecule has 2 N–H and O–H groups in total. The Hall–Kier alpha value is -0.830. The largest absolute Gasteiger partial charge is 0.366 e. The monoisotopic (exact) mass is 172 g/mol. The third-order valence-electron chi connectivity index (χ3n) is 1.09. The highest BCUT2D eigenvalue weighted by atomic mass is 16.1. The highest BCUT2D eigenvalue weighted by Gasteiger charge is 1.86. The number of nitrogens with two attached hydrogens (primary N) is 1. The summed E-state index contributed by atoms with van der Waals surface area (Å²) in [6, 6.07) is 0. The van der Waals surface area contributed by atoms with Gasteiger partial charge in [-0.05, 0) is 34.0 Å². The van der Waals surface area contributed by atoms with Crippen LogP contribution in [0.5, 0.6) is 0 Å². The van der Waals surface area contributed by atoms with Gasteiger partial charge in [0.05, 0.1) is 0 Å². The van der Waals surface area contributed by atoms with Gasteiger partial charge in [-0.1, -0.05) is 13.5 Å². The molecule has 0 bridgehead atoms. The molecular formula is C9H20N2O. The molecule has 0 aliphatic carbocycles. The van der Waals surface area contributed by atoms with Crippen LogP contribution in [-0.2, 0) is 4.79 Å². The maximum Gasteiger partial charge on any atom is 0.243 e. The first kappa shape index (κ1) is 13.7. The summed E-state index contributed by atoms with van der Waals surface area (Å²) in [6.07, 6.45) is 1.26. The molecule has 3 nitrogen and oxygen atoms in total. The Morgan fingerprint density at radius 2 is 1.83 bits per heavy atom. The Bertz CT molecular complexity index is 129. The summed E-state index contributed by atoms with van der Waals surface area (Å²) in [7, 11) is 4.17. The molecule has 0 saturated carbocycles. The van der Waals surface area contributed by atoms with Crippen molar-refractivity contribution in [3.05, 3.63) is 12.2 Å². The van der Waals surface area contributed by atoms with Crippen LogP contribution in [0.2, 0.25) is 0 Å². The van der Waals surface area contributed by atoms with Crippen LogP contribution in [0.15, 0.2) is 12.2 Å². The minimum Gasteiger partial charge on any atom is -0.366 e. The molecule has 3 heteroatoms. The minimum absolute atomic E-state index is 0.398. The molecule has 0 aromatic rings. The van der Waals surface area contributed by atoms with Gasteiger partial charge in [0.25, 0.3) is 0 Å². The first-order chi connectivity index (χ1) is 5.41. The molecule has 0 aromatic heterocycles. The lowest BCUT2D eigenvalue weighted by molar-refractivity contribution is -0.114. The van der Waals surface area contributed by atoms with Crippen molar-refractivity contribution in [2.45, 2.75) is 20.3 Å². The van der Waals surface area contributed by atoms with Crippen LogP contribution < -0.4 is 5.73 Å². The maximum absolute atomic E-state index is 9.82. The molecule has 0 unspecified atom stereocenters. The van der Waals surface area contributed by atoms with Crippen LogP contribution in [0, 0.1) is 0 Å². The second-order valence-corrected chi connectivity index (χ2v) is 2.95. The standard InChI is InChI=1S/C5H13N.C4H7NO/c1-4-5-6(2)3;1-3(2)4(5)6/h4-5H2,1-3H3;1H2,2H3,(H2,5,6). The van der Waals surface area contributed by atoms with Crippen molar-refractivity contribution in [2.75, 3.05) is 20.6 Å². The summed E-state index contributed by atoms with van der Waals surface area (Å²) in [5, 5.41) is 0. The molecular weight excluding hydrogens is 152 g/mol. The van der Waals surface area contributed by atoms with E-state index in [0.29, 0.717) is 5.57 Å². The van der Waals surface area contributed by atoms with Crippen LogP contribution in [0.1, 0.15) is 20.3 Å². The van der Waals surface area contributed by atoms with Gasteiger partial charge in [-0.3, -0.25) is 4.79 Å². The normalized spacial score (nSPS) is 8.75. The molecule has 0 aromatic carbocycles. The number of carbonyl (C=O) groups is 1. The van der Waals surface area contributed by atoms with Gasteiger partial charge in [0.15, 0.2) is 0 Å². The number of hydrogen-bond acceptors (Lipinski definition) is 2. The van der Waals surface area contributed by atoms with E-state index in [9.17, 15) is 4.79 Å². The Morgan fingerprint density at radius 3 is 1.83 bits per heavy atom. The summed E-state index contributed by atoms with van der Waals surface area (Å²) in [6.45, 7) is 8.24. The quantitative estimate of drug-likeness (QED) is 0.646. The average Bonchev–Trinajstić information content (AvgIpc) is 1.87. The number of amides is 1. The third kappa shape index (κ3) is 16.1. The summed E-state index contributed by atoms with van der Waals surface area (Å²) >= 11 is 0. The van der Waals surface area contributed by atoms with Gasteiger partial charge in [-0.15, -0.1) is 0 Å². The number of carbonyl (C=O) groups excluding carboxylic acids is 1. The lowest BCUT2D eigenvalue weighted by Gasteiger charge is -2.03. The first-order valence-electron chi connectivity index (χ1n) is 4.01. The molecule has 0 rings (SSSR count). The van der Waals surface area contributed by atoms with Gasteiger partial charge in [-0.2, -0.15) is 0 Å². The van der Waals surface area contributed by atoms with Crippen molar-refractivity contribution in [1.29, 1.82) is 0 Å². The van der Waals surface area contributed by atoms with Crippen molar-refractivity contribution in [2.24, 2.45) is 5.73 Å². The first-order valence-corrected chi connectivity index (χ1v) is 4.01. The molecule has 72 valence electrons. The lowest BCUT2D eigenvalue weighted by atomic mass is 10.3. The summed E-state index contributed by atoms with van der Waals surface area (Å²) in [4.78, 5) is 12.0. The van der Waals surface area contributed by atoms with Crippen molar-refractivity contribution < 1.29 is 4.79 Å². The Kier molecular flexibility index (Phi) is 9.47. The summed E-state index contributed by atoms with van der Waals surface area (Å²) < 4.78 is 0. The van der Waals surface area contributed by atoms with Crippen LogP contribution in [-0.4, -0.2) is 31.4 Å². The molecule has 0 radical (unpaired) electrons. The van der Waals surface area contributed by atoms with E-state index >= 15 is 0 Å². The van der Waals surface area contributed by atoms with E-state index in [0.717, 1.165) is 0 Å². The van der Waals surface area contributed by atoms with E-state index in [1.54, 1.807) is 6.92 Å². The fraction of sp³-hybridized carbons (Fsp3) is 0.667. The molecule has 0 atom stereocenters. The van der Waals surface area contributed by atoms with E-state index < -0.39 is 5.91 Å². The van der Waals surface area contributed by atoms with Gasteiger partial charge in [0, 0.05) is 5.57 Å². The number of primary amides is 1. The number of hydrogen-bond donors (Lipinski definition) is 1. The summed E-state index contributed by atoms with van der Waals surface area (Å²) in [5.41, 5.74) is 5.09. The van der Waals surface area contributed by atoms with Crippen molar-refractivity contribution in [3.63, 3.8) is 0 Å². The van der Waals surface area contributed by atoms with E-state index in [1.165, 1.54) is 13.0 Å². The zero-order valence-corrected chi connectivity index (χ0v) is 8.55. The topological polar surface area (TPSA) is 46.3 Å². The van der Waals surface area contributed by atoms with Gasteiger partial charge in [-0.25, -0.2) is 0 Å². The molecule has 0 spiro atoms. The Morgan fingerprint density at radius 1 is 1.50 bits per heavy atom. The smallest absolute Gasteiger partial charge is 0.243 e. The maximum atomic E-state index is 9.82. The molecule has 0 aliphatic heterocycles. The Labute approximate surface area is 75.2 Å². The number of rotatable bonds is 3. The van der Waals surface area contributed by atoms with Gasteiger partial charge >= 0.3 is 0 Å². The average molecular weight is 172 g/mol. The Balaban J connectivity index is 0. The third-order valence-corrected chi connectivity index (χ3v) is 1.09. The second kappa shape index (κ2) is 8.27. The van der Waals surface area contributed by atoms with Crippen LogP contribution in [0.25, 0.3) is 0 Å². The minimum atomic E-state index is -0.435. The molecule has 0 fully saturated rings. The molecule has 0 aliphatic rings. The second-order valence-electron chi connectivity index (χ2n) is 2.95. The van der Waals surface area contributed by atoms with E-state index in [2.05, 4.69) is 32.5 Å². The zero-order chi connectivity index (χ0) is 10.1. The predicted octanol–water partition coefficient (Wildman–Crippen LogP) is 1.01. The fourth-order valence-electron chi connectivity index (χ4n) is 0.447. The van der Waals surface area contributed by atoms with Crippen LogP contribution in [0.4, 0.5) is 0 Å². The summed E-state index contributed by atoms with van der Waals surface area (Å²) in [5.74, 6) is -0.435. The highest BCUT2D eigenvalue weighted by Crippen LogP contribution is 1.78. The molecule has 0 saturated heterocycles. The fourth-order valence-corrected chi connectivity index (χ4v) is 0.447. The van der Waals surface area contributed by atoms with Crippen LogP contribution >= 0.6 is 0 Å². The van der Waals surface area contributed by atoms with Crippen LogP contribution in [0.3, 0.4) is 0 Å². The zero-order valence-electron chi connectivity index (χ0n) is 8.55. The van der Waals surface area contributed by atoms with Gasteiger partial charge < -0.3 is 10.6 Å². The highest BCUT2D eigenvalue weighted by molar-refractivity contribution is 5.90. The van der Waals surface area contributed by atoms with Crippen molar-refractivity contribution >= 4 is 5.91 Å². The lowest BCUT2D eigenvalue weighted by Crippen LogP contribution is -2.11. The van der Waals surface area contributed by atoms with E-state index in [4.69, 9.17) is 5.73 Å². The molecule has 12 heavy (non-hydrogen) atoms. The van der Waals surface area contributed by atoms with Crippen molar-refractivity contribution in [3.8, 4) is 0 Å². The van der Waals surface area contributed by atoms with Gasteiger partial charge in [0.1, 0.15) is 0 Å². The van der Waals surface area contributed by atoms with Gasteiger partial charge in [0.2, 0.25) is 5.91 Å².